The predicted octanol–water partition coefficient (Wildman–Crippen LogP) is 3.37. The van der Waals surface area contributed by atoms with Crippen LogP contribution >= 0.6 is 0 Å². The van der Waals surface area contributed by atoms with E-state index in [1.165, 1.54) is 12.2 Å². The van der Waals surface area contributed by atoms with E-state index < -0.39 is 12.1 Å². The molecule has 1 aliphatic rings. The summed E-state index contributed by atoms with van der Waals surface area (Å²) < 4.78 is 5.52. The molecule has 0 saturated heterocycles. The zero-order chi connectivity index (χ0) is 18.2. The van der Waals surface area contributed by atoms with E-state index in [0.29, 0.717) is 6.42 Å². The fourth-order valence-corrected chi connectivity index (χ4v) is 3.30. The Hall–Kier alpha value is -2.08. The highest BCUT2D eigenvalue weighted by molar-refractivity contribution is 5.85. The summed E-state index contributed by atoms with van der Waals surface area (Å²) in [4.78, 5) is 32.1. The number of rotatable bonds is 7. The lowest BCUT2D eigenvalue weighted by molar-refractivity contribution is -0.175. The van der Waals surface area contributed by atoms with Gasteiger partial charge in [0.2, 0.25) is 0 Å². The minimum absolute atomic E-state index is 0.0439. The Bertz CT molecular complexity index is 558. The standard InChI is InChI=1S/C19H28N2O4/c1-4-17(18(22)20(2)24-3)21(16-12-8-9-13-16)19(23)25-14-15-10-6-5-7-11-15/h5-7,10-11,16-17H,4,8-9,12-14H2,1-3H3/t17-/m0/s1. The van der Waals surface area contributed by atoms with E-state index in [1.807, 2.05) is 37.3 Å². The van der Waals surface area contributed by atoms with E-state index in [2.05, 4.69) is 0 Å². The summed E-state index contributed by atoms with van der Waals surface area (Å²) in [7, 11) is 3.01. The normalized spacial score (nSPS) is 15.6. The van der Waals surface area contributed by atoms with Crippen LogP contribution < -0.4 is 0 Å². The molecule has 1 atom stereocenters. The molecule has 0 heterocycles. The lowest BCUT2D eigenvalue weighted by atomic mass is 10.1. The molecule has 25 heavy (non-hydrogen) atoms. The van der Waals surface area contributed by atoms with Crippen molar-refractivity contribution >= 4 is 12.0 Å². The zero-order valence-corrected chi connectivity index (χ0v) is 15.3. The van der Waals surface area contributed by atoms with Crippen LogP contribution in [0.2, 0.25) is 0 Å². The van der Waals surface area contributed by atoms with Gasteiger partial charge in [0.1, 0.15) is 12.6 Å². The molecule has 2 rings (SSSR count). The number of hydrogen-bond acceptors (Lipinski definition) is 4. The summed E-state index contributed by atoms with van der Waals surface area (Å²) in [6, 6.07) is 9.03. The molecule has 6 nitrogen and oxygen atoms in total. The molecule has 1 aromatic carbocycles. The molecule has 0 unspecified atom stereocenters. The summed E-state index contributed by atoms with van der Waals surface area (Å²) in [5.41, 5.74) is 0.926. The van der Waals surface area contributed by atoms with Gasteiger partial charge in [0, 0.05) is 13.1 Å². The van der Waals surface area contributed by atoms with Crippen LogP contribution in [0.3, 0.4) is 0 Å². The van der Waals surface area contributed by atoms with E-state index in [9.17, 15) is 9.59 Å². The Morgan fingerprint density at radius 2 is 1.84 bits per heavy atom. The lowest BCUT2D eigenvalue weighted by Gasteiger charge is -2.35. The molecule has 2 amide bonds. The Morgan fingerprint density at radius 3 is 2.40 bits per heavy atom. The molecule has 0 radical (unpaired) electrons. The van der Waals surface area contributed by atoms with Crippen LogP contribution in [0.15, 0.2) is 30.3 Å². The first-order valence-electron chi connectivity index (χ1n) is 8.89. The molecule has 6 heteroatoms. The second kappa shape index (κ2) is 9.42. The Kier molecular flexibility index (Phi) is 7.25. The molecule has 0 aromatic heterocycles. The van der Waals surface area contributed by atoms with Crippen molar-refractivity contribution in [3.05, 3.63) is 35.9 Å². The maximum absolute atomic E-state index is 12.8. The van der Waals surface area contributed by atoms with Crippen molar-refractivity contribution in [2.45, 2.75) is 57.7 Å². The Morgan fingerprint density at radius 1 is 1.20 bits per heavy atom. The van der Waals surface area contributed by atoms with Crippen molar-refractivity contribution < 1.29 is 19.2 Å². The van der Waals surface area contributed by atoms with Gasteiger partial charge in [-0.1, -0.05) is 50.1 Å². The van der Waals surface area contributed by atoms with E-state index in [4.69, 9.17) is 9.57 Å². The highest BCUT2D eigenvalue weighted by atomic mass is 16.7. The number of carbonyl (C=O) groups excluding carboxylic acids is 2. The molecule has 0 bridgehead atoms. The van der Waals surface area contributed by atoms with Crippen LogP contribution in [0.25, 0.3) is 0 Å². The average Bonchev–Trinajstić information content (AvgIpc) is 3.17. The third-order valence-corrected chi connectivity index (χ3v) is 4.73. The molecule has 1 aliphatic carbocycles. The summed E-state index contributed by atoms with van der Waals surface area (Å²) in [6.07, 6.45) is 4.03. The topological polar surface area (TPSA) is 59.1 Å². The molecular formula is C19H28N2O4. The number of benzene rings is 1. The summed E-state index contributed by atoms with van der Waals surface area (Å²) in [5.74, 6) is -0.228. The molecule has 1 saturated carbocycles. The van der Waals surface area contributed by atoms with Crippen molar-refractivity contribution in [2.24, 2.45) is 0 Å². The maximum atomic E-state index is 12.8. The number of ether oxygens (including phenoxy) is 1. The molecule has 0 N–H and O–H groups in total. The number of likely N-dealkylation sites (N-methyl/N-ethyl adjacent to an activating group) is 1. The maximum Gasteiger partial charge on any atom is 0.411 e. The third kappa shape index (κ3) is 4.95. The van der Waals surface area contributed by atoms with Crippen LogP contribution in [-0.2, 0) is 21.0 Å². The van der Waals surface area contributed by atoms with Gasteiger partial charge >= 0.3 is 6.09 Å². The van der Waals surface area contributed by atoms with Crippen LogP contribution in [0, 0.1) is 0 Å². The van der Waals surface area contributed by atoms with Crippen molar-refractivity contribution in [3.8, 4) is 0 Å². The molecule has 0 spiro atoms. The number of carbonyl (C=O) groups is 2. The van der Waals surface area contributed by atoms with Crippen LogP contribution in [-0.4, -0.2) is 48.2 Å². The highest BCUT2D eigenvalue weighted by Gasteiger charge is 2.38. The fraction of sp³-hybridized carbons (Fsp3) is 0.579. The van der Waals surface area contributed by atoms with E-state index in [0.717, 1.165) is 31.2 Å². The van der Waals surface area contributed by atoms with Gasteiger partial charge in [0.15, 0.2) is 0 Å². The van der Waals surface area contributed by atoms with Gasteiger partial charge in [0.05, 0.1) is 7.11 Å². The first-order valence-corrected chi connectivity index (χ1v) is 8.89. The number of hydroxylamine groups is 2. The van der Waals surface area contributed by atoms with E-state index in [1.54, 1.807) is 11.9 Å². The van der Waals surface area contributed by atoms with Crippen molar-refractivity contribution in [2.75, 3.05) is 14.2 Å². The van der Waals surface area contributed by atoms with Gasteiger partial charge in [-0.3, -0.25) is 14.5 Å². The molecule has 0 aliphatic heterocycles. The van der Waals surface area contributed by atoms with Gasteiger partial charge in [0.25, 0.3) is 5.91 Å². The van der Waals surface area contributed by atoms with Crippen molar-refractivity contribution in [1.82, 2.24) is 9.96 Å². The van der Waals surface area contributed by atoms with Gasteiger partial charge in [-0.25, -0.2) is 9.86 Å². The second-order valence-electron chi connectivity index (χ2n) is 6.33. The molecular weight excluding hydrogens is 320 g/mol. The number of nitrogens with zero attached hydrogens (tertiary/aromatic N) is 2. The van der Waals surface area contributed by atoms with Crippen molar-refractivity contribution in [3.63, 3.8) is 0 Å². The summed E-state index contributed by atoms with van der Waals surface area (Å²) in [5, 5.41) is 1.18. The summed E-state index contributed by atoms with van der Waals surface area (Å²) in [6.45, 7) is 2.10. The van der Waals surface area contributed by atoms with Gasteiger partial charge in [-0.2, -0.15) is 0 Å². The first-order chi connectivity index (χ1) is 12.1. The third-order valence-electron chi connectivity index (χ3n) is 4.73. The first kappa shape index (κ1) is 19.2. The lowest BCUT2D eigenvalue weighted by Crippen LogP contribution is -2.53. The van der Waals surface area contributed by atoms with Crippen LogP contribution in [0.1, 0.15) is 44.6 Å². The average molecular weight is 348 g/mol. The SMILES string of the molecule is CC[C@@H](C(=O)N(C)OC)N(C(=O)OCc1ccccc1)C1CCCC1. The zero-order valence-electron chi connectivity index (χ0n) is 15.3. The highest BCUT2D eigenvalue weighted by Crippen LogP contribution is 2.27. The summed E-state index contributed by atoms with van der Waals surface area (Å²) >= 11 is 0. The minimum Gasteiger partial charge on any atom is -0.445 e. The largest absolute Gasteiger partial charge is 0.445 e. The predicted molar refractivity (Wildman–Crippen MR) is 94.6 cm³/mol. The van der Waals surface area contributed by atoms with Gasteiger partial charge in [-0.05, 0) is 24.8 Å². The molecule has 138 valence electrons. The Labute approximate surface area is 149 Å². The number of hydrogen-bond donors (Lipinski definition) is 0. The monoisotopic (exact) mass is 348 g/mol. The quantitative estimate of drug-likeness (QED) is 0.709. The smallest absolute Gasteiger partial charge is 0.411 e. The minimum atomic E-state index is -0.573. The van der Waals surface area contributed by atoms with Crippen molar-refractivity contribution in [1.29, 1.82) is 0 Å². The van der Waals surface area contributed by atoms with Crippen LogP contribution in [0.5, 0.6) is 0 Å². The molecule has 1 fully saturated rings. The van der Waals surface area contributed by atoms with Crippen LogP contribution in [0.4, 0.5) is 4.79 Å². The fourth-order valence-electron chi connectivity index (χ4n) is 3.30. The second-order valence-corrected chi connectivity index (χ2v) is 6.33. The Balaban J connectivity index is 2.13. The van der Waals surface area contributed by atoms with Gasteiger partial charge < -0.3 is 4.74 Å². The van der Waals surface area contributed by atoms with Gasteiger partial charge in [-0.15, -0.1) is 0 Å². The van der Waals surface area contributed by atoms with E-state index >= 15 is 0 Å². The molecule has 1 aromatic rings. The van der Waals surface area contributed by atoms with E-state index in [-0.39, 0.29) is 18.6 Å². The number of amides is 2.